The minimum atomic E-state index is -0.421. The lowest BCUT2D eigenvalue weighted by Crippen LogP contribution is -2.26. The van der Waals surface area contributed by atoms with Gasteiger partial charge >= 0.3 is 0 Å². The molecule has 0 aliphatic carbocycles. The molecule has 0 saturated carbocycles. The van der Waals surface area contributed by atoms with Crippen molar-refractivity contribution in [1.82, 2.24) is 9.97 Å². The van der Waals surface area contributed by atoms with E-state index in [2.05, 4.69) is 9.97 Å². The van der Waals surface area contributed by atoms with E-state index in [0.717, 1.165) is 12.7 Å². The fourth-order valence-corrected chi connectivity index (χ4v) is 1.32. The molecule has 1 unspecified atom stereocenters. The van der Waals surface area contributed by atoms with Crippen LogP contribution in [0, 0.1) is 0 Å². The van der Waals surface area contributed by atoms with Gasteiger partial charge in [0.15, 0.2) is 6.29 Å². The van der Waals surface area contributed by atoms with Gasteiger partial charge in [-0.2, -0.15) is 0 Å². The summed E-state index contributed by atoms with van der Waals surface area (Å²) in [6, 6.07) is 0. The highest BCUT2D eigenvalue weighted by molar-refractivity contribution is 5.71. The molecule has 78 valence electrons. The molecule has 0 saturated heterocycles. The molecule has 0 amide bonds. The van der Waals surface area contributed by atoms with E-state index in [1.807, 2.05) is 20.8 Å². The summed E-state index contributed by atoms with van der Waals surface area (Å²) >= 11 is 0. The molecule has 1 atom stereocenters. The molecule has 0 bridgehead atoms. The van der Waals surface area contributed by atoms with Crippen molar-refractivity contribution in [3.05, 3.63) is 17.7 Å². The molecule has 1 rings (SSSR count). The van der Waals surface area contributed by atoms with Gasteiger partial charge in [0.2, 0.25) is 0 Å². The number of carbonyl (C=O) groups excluding carboxylic acids is 1. The highest BCUT2D eigenvalue weighted by Gasteiger charge is 2.28. The van der Waals surface area contributed by atoms with Crippen LogP contribution in [0.15, 0.2) is 6.20 Å². The molecule has 0 aromatic carbocycles. The lowest BCUT2D eigenvalue weighted by molar-refractivity contribution is -0.0384. The van der Waals surface area contributed by atoms with E-state index in [1.54, 1.807) is 0 Å². The fraction of sp³-hybridized carbons (Fsp3) is 0.600. The summed E-state index contributed by atoms with van der Waals surface area (Å²) in [6.45, 7) is 6.56. The zero-order valence-electron chi connectivity index (χ0n) is 8.83. The zero-order valence-corrected chi connectivity index (χ0v) is 8.83. The zero-order chi connectivity index (χ0) is 10.6. The molecule has 0 spiro atoms. The Kier molecular flexibility index (Phi) is 3.41. The summed E-state index contributed by atoms with van der Waals surface area (Å²) in [5.74, 6) is 0.712. The van der Waals surface area contributed by atoms with Crippen LogP contribution in [0.3, 0.4) is 0 Å². The Morgan fingerprint density at radius 2 is 2.36 bits per heavy atom. The van der Waals surface area contributed by atoms with Gasteiger partial charge in [0, 0.05) is 6.61 Å². The first kappa shape index (κ1) is 10.9. The van der Waals surface area contributed by atoms with Gasteiger partial charge in [0.1, 0.15) is 11.4 Å². The topological polar surface area (TPSA) is 55.0 Å². The van der Waals surface area contributed by atoms with Crippen molar-refractivity contribution in [1.29, 1.82) is 0 Å². The quantitative estimate of drug-likeness (QED) is 0.731. The normalized spacial score (nSPS) is 15.1. The molecular weight excluding hydrogens is 180 g/mol. The molecule has 14 heavy (non-hydrogen) atoms. The second kappa shape index (κ2) is 4.37. The third kappa shape index (κ3) is 2.01. The van der Waals surface area contributed by atoms with Crippen LogP contribution in [0.4, 0.5) is 0 Å². The second-order valence-electron chi connectivity index (χ2n) is 3.32. The van der Waals surface area contributed by atoms with Crippen LogP contribution >= 0.6 is 0 Å². The number of nitrogens with one attached hydrogen (secondary N) is 1. The molecule has 0 aliphatic rings. The van der Waals surface area contributed by atoms with Gasteiger partial charge in [-0.05, 0) is 20.3 Å². The second-order valence-corrected chi connectivity index (χ2v) is 3.32. The van der Waals surface area contributed by atoms with Gasteiger partial charge < -0.3 is 9.72 Å². The Balaban J connectivity index is 2.93. The molecule has 1 aromatic rings. The largest absolute Gasteiger partial charge is 0.368 e. The molecular formula is C10H16N2O2. The average molecular weight is 196 g/mol. The maximum atomic E-state index is 10.5. The molecule has 0 aliphatic heterocycles. The number of imidazole rings is 1. The van der Waals surface area contributed by atoms with Crippen LogP contribution in [0.25, 0.3) is 0 Å². The number of hydrogen-bond donors (Lipinski definition) is 1. The van der Waals surface area contributed by atoms with Gasteiger partial charge in [0.25, 0.3) is 0 Å². The van der Waals surface area contributed by atoms with Crippen LogP contribution in [0.1, 0.15) is 43.5 Å². The third-order valence-electron chi connectivity index (χ3n) is 2.36. The Bertz CT molecular complexity index is 309. The SMILES string of the molecule is CCOC(C)(CC)c1ncc(C=O)[nH]1. The first-order chi connectivity index (χ1) is 6.66. The minimum absolute atomic E-state index is 0.421. The third-order valence-corrected chi connectivity index (χ3v) is 2.36. The maximum Gasteiger partial charge on any atom is 0.167 e. The summed E-state index contributed by atoms with van der Waals surface area (Å²) in [4.78, 5) is 17.6. The maximum absolute atomic E-state index is 10.5. The first-order valence-electron chi connectivity index (χ1n) is 4.81. The van der Waals surface area contributed by atoms with Crippen molar-refractivity contribution in [2.75, 3.05) is 6.61 Å². The Hall–Kier alpha value is -1.16. The van der Waals surface area contributed by atoms with Gasteiger partial charge in [0.05, 0.1) is 11.9 Å². The van der Waals surface area contributed by atoms with Gasteiger partial charge in [-0.15, -0.1) is 0 Å². The van der Waals surface area contributed by atoms with Crippen LogP contribution in [0.2, 0.25) is 0 Å². The van der Waals surface area contributed by atoms with E-state index >= 15 is 0 Å². The van der Waals surface area contributed by atoms with Crippen molar-refractivity contribution in [3.8, 4) is 0 Å². The number of hydrogen-bond acceptors (Lipinski definition) is 3. The number of carbonyl (C=O) groups is 1. The fourth-order valence-electron chi connectivity index (χ4n) is 1.32. The average Bonchev–Trinajstić information content (AvgIpc) is 2.66. The molecule has 0 fully saturated rings. The van der Waals surface area contributed by atoms with E-state index in [9.17, 15) is 4.79 Å². The molecule has 4 heteroatoms. The summed E-state index contributed by atoms with van der Waals surface area (Å²) in [7, 11) is 0. The Morgan fingerprint density at radius 1 is 1.64 bits per heavy atom. The highest BCUT2D eigenvalue weighted by Crippen LogP contribution is 2.25. The molecule has 1 heterocycles. The van der Waals surface area contributed by atoms with Crippen LogP contribution < -0.4 is 0 Å². The first-order valence-corrected chi connectivity index (χ1v) is 4.81. The summed E-state index contributed by atoms with van der Waals surface area (Å²) in [6.07, 6.45) is 3.08. The van der Waals surface area contributed by atoms with Gasteiger partial charge in [-0.1, -0.05) is 6.92 Å². The smallest absolute Gasteiger partial charge is 0.167 e. The van der Waals surface area contributed by atoms with Crippen molar-refractivity contribution in [2.24, 2.45) is 0 Å². The number of aldehydes is 1. The predicted octanol–water partition coefficient (Wildman–Crippen LogP) is 1.88. The lowest BCUT2D eigenvalue weighted by Gasteiger charge is -2.25. The molecule has 4 nitrogen and oxygen atoms in total. The minimum Gasteiger partial charge on any atom is -0.368 e. The van der Waals surface area contributed by atoms with E-state index < -0.39 is 5.60 Å². The molecule has 1 aromatic heterocycles. The van der Waals surface area contributed by atoms with Gasteiger partial charge in [-0.25, -0.2) is 4.98 Å². The number of H-pyrrole nitrogens is 1. The van der Waals surface area contributed by atoms with E-state index in [4.69, 9.17) is 4.74 Å². The number of aromatic nitrogens is 2. The van der Waals surface area contributed by atoms with Gasteiger partial charge in [-0.3, -0.25) is 4.79 Å². The van der Waals surface area contributed by atoms with Crippen molar-refractivity contribution in [2.45, 2.75) is 32.8 Å². The number of nitrogens with zero attached hydrogens (tertiary/aromatic N) is 1. The predicted molar refractivity (Wildman–Crippen MR) is 53.2 cm³/mol. The van der Waals surface area contributed by atoms with Crippen molar-refractivity contribution < 1.29 is 9.53 Å². The Labute approximate surface area is 83.7 Å². The van der Waals surface area contributed by atoms with E-state index in [-0.39, 0.29) is 0 Å². The van der Waals surface area contributed by atoms with Crippen molar-refractivity contribution in [3.63, 3.8) is 0 Å². The Morgan fingerprint density at radius 3 is 2.79 bits per heavy atom. The standard InChI is InChI=1S/C10H16N2O2/c1-4-10(3,14-5-2)9-11-6-8(7-13)12-9/h6-7H,4-5H2,1-3H3,(H,11,12). The lowest BCUT2D eigenvalue weighted by atomic mass is 10.0. The van der Waals surface area contributed by atoms with E-state index in [0.29, 0.717) is 18.1 Å². The highest BCUT2D eigenvalue weighted by atomic mass is 16.5. The summed E-state index contributed by atoms with van der Waals surface area (Å²) < 4.78 is 5.61. The van der Waals surface area contributed by atoms with Crippen LogP contribution in [-0.4, -0.2) is 22.9 Å². The molecule has 1 N–H and O–H groups in total. The van der Waals surface area contributed by atoms with Crippen molar-refractivity contribution >= 4 is 6.29 Å². The van der Waals surface area contributed by atoms with Crippen LogP contribution in [-0.2, 0) is 10.3 Å². The number of rotatable bonds is 5. The van der Waals surface area contributed by atoms with Crippen LogP contribution in [0.5, 0.6) is 0 Å². The number of ether oxygens (including phenoxy) is 1. The monoisotopic (exact) mass is 196 g/mol. The molecule has 0 radical (unpaired) electrons. The van der Waals surface area contributed by atoms with E-state index in [1.165, 1.54) is 6.20 Å². The summed E-state index contributed by atoms with van der Waals surface area (Å²) in [5.41, 5.74) is 0.0649. The number of aromatic amines is 1. The summed E-state index contributed by atoms with van der Waals surface area (Å²) in [5, 5.41) is 0.